The number of amides is 3. The van der Waals surface area contributed by atoms with Gasteiger partial charge in [0, 0.05) is 18.5 Å². The number of hydrogen-bond donors (Lipinski definition) is 0. The Morgan fingerprint density at radius 1 is 1.00 bits per heavy atom. The zero-order valence-corrected chi connectivity index (χ0v) is 12.4. The second-order valence-corrected chi connectivity index (χ2v) is 6.50. The van der Waals surface area contributed by atoms with Gasteiger partial charge in [-0.3, -0.25) is 9.69 Å². The molecule has 2 aliphatic heterocycles. The van der Waals surface area contributed by atoms with Gasteiger partial charge in [-0.25, -0.2) is 9.18 Å². The Balaban J connectivity index is 1.62. The highest BCUT2D eigenvalue weighted by Crippen LogP contribution is 2.41. The van der Waals surface area contributed by atoms with Crippen LogP contribution >= 0.6 is 0 Å². The number of nitrogens with zero attached hydrogens (tertiary/aromatic N) is 2. The lowest BCUT2D eigenvalue weighted by Crippen LogP contribution is -2.43. The van der Waals surface area contributed by atoms with Crippen LogP contribution in [0.1, 0.15) is 43.6 Å². The van der Waals surface area contributed by atoms with Crippen molar-refractivity contribution in [2.75, 3.05) is 6.54 Å². The zero-order chi connectivity index (χ0) is 15.3. The second-order valence-electron chi connectivity index (χ2n) is 6.50. The number of imide groups is 1. The number of halogens is 1. The zero-order valence-electron chi connectivity index (χ0n) is 12.4. The lowest BCUT2D eigenvalue weighted by Gasteiger charge is -2.28. The highest BCUT2D eigenvalue weighted by molar-refractivity contribution is 6.05. The van der Waals surface area contributed by atoms with Gasteiger partial charge in [0.25, 0.3) is 5.91 Å². The maximum Gasteiger partial charge on any atom is 0.327 e. The predicted molar refractivity (Wildman–Crippen MR) is 78.8 cm³/mol. The molecule has 22 heavy (non-hydrogen) atoms. The fraction of sp³-hybridized carbons (Fsp3) is 0.529. The maximum absolute atomic E-state index is 13.1. The average molecular weight is 302 g/mol. The molecule has 2 saturated heterocycles. The van der Waals surface area contributed by atoms with Gasteiger partial charge in [-0.15, -0.1) is 0 Å². The van der Waals surface area contributed by atoms with Gasteiger partial charge in [0.05, 0.1) is 0 Å². The van der Waals surface area contributed by atoms with E-state index >= 15 is 0 Å². The van der Waals surface area contributed by atoms with Crippen LogP contribution in [0.3, 0.4) is 0 Å². The molecule has 0 radical (unpaired) electrons. The van der Waals surface area contributed by atoms with Crippen molar-refractivity contribution in [1.82, 2.24) is 9.80 Å². The van der Waals surface area contributed by atoms with Crippen LogP contribution in [-0.2, 0) is 4.79 Å². The van der Waals surface area contributed by atoms with E-state index in [0.29, 0.717) is 6.54 Å². The van der Waals surface area contributed by atoms with Gasteiger partial charge >= 0.3 is 6.03 Å². The summed E-state index contributed by atoms with van der Waals surface area (Å²) >= 11 is 0. The van der Waals surface area contributed by atoms with Crippen molar-refractivity contribution in [2.45, 2.75) is 50.1 Å². The van der Waals surface area contributed by atoms with Gasteiger partial charge < -0.3 is 4.90 Å². The SMILES string of the molecule is O=C1[C@@H]2CCCN2C(=O)N1[C@H]1CCC[C@H]1c1ccc(F)cc1. The Labute approximate surface area is 128 Å². The molecule has 0 aromatic heterocycles. The van der Waals surface area contributed by atoms with E-state index in [0.717, 1.165) is 37.7 Å². The summed E-state index contributed by atoms with van der Waals surface area (Å²) in [4.78, 5) is 28.4. The standard InChI is InChI=1S/C17H19FN2O2/c18-12-8-6-11(7-9-12)13-3-1-4-14(13)20-16(21)15-5-2-10-19(15)17(20)22/h6-9,13-15H,1-5,10H2/t13-,14-,15-/m0/s1. The quantitative estimate of drug-likeness (QED) is 0.788. The number of benzene rings is 1. The second kappa shape index (κ2) is 5.07. The molecule has 4 nitrogen and oxygen atoms in total. The molecule has 0 N–H and O–H groups in total. The van der Waals surface area contributed by atoms with E-state index in [2.05, 4.69) is 0 Å². The van der Waals surface area contributed by atoms with E-state index in [9.17, 15) is 14.0 Å². The van der Waals surface area contributed by atoms with Crippen LogP contribution in [0, 0.1) is 5.82 Å². The minimum atomic E-state index is -0.257. The highest BCUT2D eigenvalue weighted by atomic mass is 19.1. The highest BCUT2D eigenvalue weighted by Gasteiger charge is 2.52. The smallest absolute Gasteiger partial charge is 0.312 e. The van der Waals surface area contributed by atoms with E-state index in [4.69, 9.17) is 0 Å². The molecule has 2 heterocycles. The number of hydrogen-bond acceptors (Lipinski definition) is 2. The number of carbonyl (C=O) groups is 2. The van der Waals surface area contributed by atoms with Crippen molar-refractivity contribution in [3.8, 4) is 0 Å². The fourth-order valence-corrected chi connectivity index (χ4v) is 4.30. The molecule has 1 aromatic carbocycles. The van der Waals surface area contributed by atoms with E-state index in [1.54, 1.807) is 17.0 Å². The molecule has 3 amide bonds. The van der Waals surface area contributed by atoms with E-state index in [1.807, 2.05) is 0 Å². The van der Waals surface area contributed by atoms with Gasteiger partial charge in [0.1, 0.15) is 11.9 Å². The first kappa shape index (κ1) is 13.7. The van der Waals surface area contributed by atoms with Crippen molar-refractivity contribution < 1.29 is 14.0 Å². The largest absolute Gasteiger partial charge is 0.327 e. The summed E-state index contributed by atoms with van der Waals surface area (Å²) in [5, 5.41) is 0. The van der Waals surface area contributed by atoms with Crippen molar-refractivity contribution in [2.24, 2.45) is 0 Å². The van der Waals surface area contributed by atoms with Crippen LogP contribution in [0.5, 0.6) is 0 Å². The van der Waals surface area contributed by atoms with Crippen LogP contribution in [0.15, 0.2) is 24.3 Å². The summed E-state index contributed by atoms with van der Waals surface area (Å²) < 4.78 is 13.1. The van der Waals surface area contributed by atoms with Crippen molar-refractivity contribution in [1.29, 1.82) is 0 Å². The molecule has 1 aromatic rings. The molecule has 1 aliphatic carbocycles. The van der Waals surface area contributed by atoms with Crippen molar-refractivity contribution in [3.05, 3.63) is 35.6 Å². The van der Waals surface area contributed by atoms with Crippen LogP contribution in [0.2, 0.25) is 0 Å². The van der Waals surface area contributed by atoms with Crippen LogP contribution in [0.4, 0.5) is 9.18 Å². The monoisotopic (exact) mass is 302 g/mol. The van der Waals surface area contributed by atoms with Gasteiger partial charge in [-0.2, -0.15) is 0 Å². The molecule has 116 valence electrons. The number of carbonyl (C=O) groups excluding carboxylic acids is 2. The first-order chi connectivity index (χ1) is 10.7. The third-order valence-corrected chi connectivity index (χ3v) is 5.34. The molecule has 4 rings (SSSR count). The Bertz CT molecular complexity index is 594. The van der Waals surface area contributed by atoms with Crippen molar-refractivity contribution in [3.63, 3.8) is 0 Å². The van der Waals surface area contributed by atoms with Gasteiger partial charge in [-0.1, -0.05) is 18.6 Å². The third kappa shape index (κ3) is 1.95. The molecule has 3 fully saturated rings. The molecule has 0 bridgehead atoms. The maximum atomic E-state index is 13.1. The Hall–Kier alpha value is -1.91. The molecule has 0 spiro atoms. The topological polar surface area (TPSA) is 40.6 Å². The molecule has 3 aliphatic rings. The van der Waals surface area contributed by atoms with Gasteiger partial charge in [0.15, 0.2) is 0 Å². The normalized spacial score (nSPS) is 31.2. The summed E-state index contributed by atoms with van der Waals surface area (Å²) in [5.41, 5.74) is 1.02. The van der Waals surface area contributed by atoms with Gasteiger partial charge in [0.2, 0.25) is 0 Å². The summed E-state index contributed by atoms with van der Waals surface area (Å²) in [6.45, 7) is 0.694. The third-order valence-electron chi connectivity index (χ3n) is 5.34. The Kier molecular flexibility index (Phi) is 3.17. The molecular formula is C17H19FN2O2. The first-order valence-corrected chi connectivity index (χ1v) is 8.06. The molecule has 3 atom stereocenters. The summed E-state index contributed by atoms with van der Waals surface area (Å²) in [6.07, 6.45) is 4.49. The predicted octanol–water partition coefficient (Wildman–Crippen LogP) is 2.89. The van der Waals surface area contributed by atoms with E-state index < -0.39 is 0 Å². The van der Waals surface area contributed by atoms with Crippen LogP contribution in [0.25, 0.3) is 0 Å². The summed E-state index contributed by atoms with van der Waals surface area (Å²) in [5.74, 6) is -0.151. The first-order valence-electron chi connectivity index (χ1n) is 8.06. The van der Waals surface area contributed by atoms with Crippen LogP contribution < -0.4 is 0 Å². The molecule has 0 unspecified atom stereocenters. The lowest BCUT2D eigenvalue weighted by molar-refractivity contribution is -0.129. The lowest BCUT2D eigenvalue weighted by atomic mass is 9.93. The number of rotatable bonds is 2. The minimum Gasteiger partial charge on any atom is -0.312 e. The molecule has 1 saturated carbocycles. The molecular weight excluding hydrogens is 283 g/mol. The van der Waals surface area contributed by atoms with Crippen molar-refractivity contribution >= 4 is 11.9 Å². The van der Waals surface area contributed by atoms with E-state index in [-0.39, 0.29) is 35.8 Å². The number of fused-ring (bicyclic) bond motifs is 1. The number of urea groups is 1. The van der Waals surface area contributed by atoms with E-state index in [1.165, 1.54) is 17.0 Å². The molecule has 5 heteroatoms. The average Bonchev–Trinajstić information content (AvgIpc) is 3.20. The Morgan fingerprint density at radius 2 is 1.77 bits per heavy atom. The Morgan fingerprint density at radius 3 is 2.50 bits per heavy atom. The summed E-state index contributed by atoms with van der Waals surface area (Å²) in [7, 11) is 0. The van der Waals surface area contributed by atoms with Crippen LogP contribution in [-0.4, -0.2) is 40.4 Å². The fourth-order valence-electron chi connectivity index (χ4n) is 4.30. The minimum absolute atomic E-state index is 0.0264. The summed E-state index contributed by atoms with van der Waals surface area (Å²) in [6, 6.07) is 6.05. The van der Waals surface area contributed by atoms with Gasteiger partial charge in [-0.05, 0) is 43.4 Å².